The van der Waals surface area contributed by atoms with Crippen LogP contribution in [-0.2, 0) is 27.1 Å². The van der Waals surface area contributed by atoms with E-state index in [2.05, 4.69) is 241 Å². The summed E-state index contributed by atoms with van der Waals surface area (Å²) in [7, 11) is 0. The zero-order valence-corrected chi connectivity index (χ0v) is 39.7. The van der Waals surface area contributed by atoms with Crippen LogP contribution in [0.5, 0.6) is 0 Å². The summed E-state index contributed by atoms with van der Waals surface area (Å²) in [5.41, 5.74) is 24.6. The molecule has 0 N–H and O–H groups in total. The third kappa shape index (κ3) is 6.75. The zero-order valence-electron chi connectivity index (χ0n) is 39.7. The van der Waals surface area contributed by atoms with Gasteiger partial charge in [-0.2, -0.15) is 0 Å². The number of benzene rings is 7. The third-order valence-corrected chi connectivity index (χ3v) is 14.3. The van der Waals surface area contributed by atoms with Gasteiger partial charge in [-0.1, -0.05) is 193 Å². The second kappa shape index (κ2) is 14.2. The molecule has 0 saturated heterocycles. The van der Waals surface area contributed by atoms with E-state index in [9.17, 15) is 0 Å². The average molecular weight is 812 g/mol. The van der Waals surface area contributed by atoms with Gasteiger partial charge in [-0.05, 0) is 143 Å². The van der Waals surface area contributed by atoms with Gasteiger partial charge in [0.1, 0.15) is 0 Å². The Morgan fingerprint density at radius 3 is 1.60 bits per heavy atom. The normalized spacial score (nSPS) is 14.9. The molecule has 0 saturated carbocycles. The molecule has 0 atom stereocenters. The maximum absolute atomic E-state index is 2.57. The Bertz CT molecular complexity index is 2890. The number of rotatable bonds is 5. The summed E-state index contributed by atoms with van der Waals surface area (Å²) in [5, 5.41) is 0. The van der Waals surface area contributed by atoms with Crippen molar-refractivity contribution in [1.82, 2.24) is 0 Å². The van der Waals surface area contributed by atoms with E-state index in [4.69, 9.17) is 0 Å². The van der Waals surface area contributed by atoms with Gasteiger partial charge in [-0.3, -0.25) is 0 Å². The Balaban J connectivity index is 1.33. The van der Waals surface area contributed by atoms with Crippen molar-refractivity contribution in [2.75, 3.05) is 4.90 Å². The molecule has 2 aliphatic rings. The van der Waals surface area contributed by atoms with Gasteiger partial charge < -0.3 is 4.90 Å². The number of hydrogen-bond donors (Lipinski definition) is 0. The minimum Gasteiger partial charge on any atom is -0.310 e. The topological polar surface area (TPSA) is 3.24 Å². The molecule has 0 aliphatic heterocycles. The highest BCUT2D eigenvalue weighted by Gasteiger charge is 2.40. The lowest BCUT2D eigenvalue weighted by molar-refractivity contribution is 0.589. The lowest BCUT2D eigenvalue weighted by Gasteiger charge is -2.32. The van der Waals surface area contributed by atoms with Crippen LogP contribution in [0.25, 0.3) is 44.5 Å². The summed E-state index contributed by atoms with van der Waals surface area (Å²) in [4.78, 5) is 2.57. The van der Waals surface area contributed by atoms with E-state index in [1.165, 1.54) is 106 Å². The predicted molar refractivity (Wildman–Crippen MR) is 268 cm³/mol. The van der Waals surface area contributed by atoms with Gasteiger partial charge >= 0.3 is 0 Å². The van der Waals surface area contributed by atoms with Crippen molar-refractivity contribution in [2.24, 2.45) is 0 Å². The summed E-state index contributed by atoms with van der Waals surface area (Å²) in [6.45, 7) is 32.8. The fraction of sp³-hybridized carbons (Fsp3) is 0.311. The Morgan fingerprint density at radius 1 is 0.387 bits per heavy atom. The molecule has 0 amide bonds. The summed E-state index contributed by atoms with van der Waals surface area (Å²) in [5.74, 6) is 0. The van der Waals surface area contributed by atoms with Gasteiger partial charge in [-0.25, -0.2) is 0 Å². The molecule has 1 nitrogen and oxygen atoms in total. The summed E-state index contributed by atoms with van der Waals surface area (Å²) >= 11 is 0. The number of hydrogen-bond acceptors (Lipinski definition) is 1. The number of aryl methyl sites for hydroxylation is 1. The summed E-state index contributed by atoms with van der Waals surface area (Å²) in [6.07, 6.45) is 0. The summed E-state index contributed by atoms with van der Waals surface area (Å²) in [6, 6.07) is 54.0. The van der Waals surface area contributed by atoms with E-state index in [1.54, 1.807) is 0 Å². The van der Waals surface area contributed by atoms with Crippen LogP contribution in [0.15, 0.2) is 140 Å². The first-order valence-corrected chi connectivity index (χ1v) is 22.8. The van der Waals surface area contributed by atoms with Crippen molar-refractivity contribution in [3.05, 3.63) is 184 Å². The Hall–Kier alpha value is -5.66. The van der Waals surface area contributed by atoms with Gasteiger partial charge in [-0.15, -0.1) is 0 Å². The molecule has 9 rings (SSSR count). The quantitative estimate of drug-likeness (QED) is 0.167. The smallest absolute Gasteiger partial charge is 0.0543 e. The first kappa shape index (κ1) is 41.7. The van der Waals surface area contributed by atoms with Gasteiger partial charge in [0.05, 0.1) is 5.69 Å². The SMILES string of the molecule is Cc1cc(N(c2ccc3c(c2)C(C)(C)c2ccccc2-3)c2ccc3c(c2)C(C)(C)c2cccc(C(C)(C)C)c2-3)c(-c2cccc(C(C)(C)C)c2)cc1-c1ccc(C(C)(C)C)cc1. The van der Waals surface area contributed by atoms with Crippen LogP contribution in [0.2, 0.25) is 0 Å². The molecule has 0 spiro atoms. The van der Waals surface area contributed by atoms with Gasteiger partial charge in [0.2, 0.25) is 0 Å². The van der Waals surface area contributed by atoms with E-state index in [0.717, 1.165) is 0 Å². The van der Waals surface area contributed by atoms with Gasteiger partial charge in [0.25, 0.3) is 0 Å². The predicted octanol–water partition coefficient (Wildman–Crippen LogP) is 17.3. The lowest BCUT2D eigenvalue weighted by Crippen LogP contribution is -2.18. The molecule has 62 heavy (non-hydrogen) atoms. The van der Waals surface area contributed by atoms with Crippen molar-refractivity contribution < 1.29 is 0 Å². The molecular formula is C61H65N. The molecule has 7 aromatic carbocycles. The minimum absolute atomic E-state index is 0.000766. The van der Waals surface area contributed by atoms with Crippen LogP contribution in [-0.4, -0.2) is 0 Å². The van der Waals surface area contributed by atoms with Crippen molar-refractivity contribution in [3.8, 4) is 44.5 Å². The second-order valence-electron chi connectivity index (χ2n) is 22.4. The first-order chi connectivity index (χ1) is 29.1. The fourth-order valence-corrected chi connectivity index (χ4v) is 10.5. The zero-order chi connectivity index (χ0) is 44.3. The van der Waals surface area contributed by atoms with E-state index in [0.29, 0.717) is 0 Å². The molecule has 0 fully saturated rings. The van der Waals surface area contributed by atoms with Gasteiger partial charge in [0.15, 0.2) is 0 Å². The molecule has 0 heterocycles. The van der Waals surface area contributed by atoms with Crippen LogP contribution in [0, 0.1) is 6.92 Å². The first-order valence-electron chi connectivity index (χ1n) is 22.8. The van der Waals surface area contributed by atoms with Crippen LogP contribution in [0.1, 0.15) is 135 Å². The molecule has 0 bridgehead atoms. The van der Waals surface area contributed by atoms with E-state index < -0.39 is 0 Å². The van der Waals surface area contributed by atoms with Crippen LogP contribution >= 0.6 is 0 Å². The highest BCUT2D eigenvalue weighted by molar-refractivity contribution is 5.95. The summed E-state index contributed by atoms with van der Waals surface area (Å²) < 4.78 is 0. The van der Waals surface area contributed by atoms with E-state index in [1.807, 2.05) is 0 Å². The van der Waals surface area contributed by atoms with Crippen LogP contribution in [0.3, 0.4) is 0 Å². The molecule has 0 aromatic heterocycles. The highest BCUT2D eigenvalue weighted by atomic mass is 15.1. The molecular weight excluding hydrogens is 747 g/mol. The largest absolute Gasteiger partial charge is 0.310 e. The molecule has 0 unspecified atom stereocenters. The Labute approximate surface area is 372 Å². The van der Waals surface area contributed by atoms with E-state index in [-0.39, 0.29) is 27.1 Å². The maximum atomic E-state index is 2.57. The number of fused-ring (bicyclic) bond motifs is 6. The average Bonchev–Trinajstić information content (AvgIpc) is 3.59. The van der Waals surface area contributed by atoms with Crippen LogP contribution in [0.4, 0.5) is 17.1 Å². The Morgan fingerprint density at radius 2 is 0.952 bits per heavy atom. The molecule has 2 aliphatic carbocycles. The minimum atomic E-state index is -0.169. The van der Waals surface area contributed by atoms with E-state index >= 15 is 0 Å². The molecule has 1 heteroatoms. The number of nitrogens with zero attached hydrogens (tertiary/aromatic N) is 1. The fourth-order valence-electron chi connectivity index (χ4n) is 10.5. The Kier molecular flexibility index (Phi) is 9.53. The molecule has 0 radical (unpaired) electrons. The van der Waals surface area contributed by atoms with Crippen molar-refractivity contribution in [1.29, 1.82) is 0 Å². The van der Waals surface area contributed by atoms with Crippen molar-refractivity contribution >= 4 is 17.1 Å². The van der Waals surface area contributed by atoms with Gasteiger partial charge in [0, 0.05) is 27.8 Å². The second-order valence-corrected chi connectivity index (χ2v) is 22.4. The lowest BCUT2D eigenvalue weighted by atomic mass is 9.79. The van der Waals surface area contributed by atoms with Crippen molar-refractivity contribution in [2.45, 2.75) is 124 Å². The standard InChI is InChI=1S/C61H65N/c1-38-33-55(49(40-19-17-20-42(34-40)58(5,6)7)37-48(38)39-25-27-41(28-26-39)57(2,3)4)62(43-29-31-46-45-21-15-16-22-50(45)60(11,12)53(46)35-43)44-30-32-47-54(36-44)61(13,14)52-24-18-23-51(56(47)52)59(8,9)10/h15-37H,1-14H3. The van der Waals surface area contributed by atoms with Crippen molar-refractivity contribution in [3.63, 3.8) is 0 Å². The number of anilines is 3. The maximum Gasteiger partial charge on any atom is 0.0543 e. The molecule has 314 valence electrons. The van der Waals surface area contributed by atoms with Crippen LogP contribution < -0.4 is 4.90 Å². The monoisotopic (exact) mass is 812 g/mol. The highest BCUT2D eigenvalue weighted by Crippen LogP contribution is 2.56. The third-order valence-electron chi connectivity index (χ3n) is 14.3. The molecule has 7 aromatic rings.